The molecule has 1 unspecified atom stereocenters. The molecule has 0 aliphatic rings. The molecule has 0 saturated carbocycles. The van der Waals surface area contributed by atoms with Crippen molar-refractivity contribution in [2.24, 2.45) is 5.73 Å². The van der Waals surface area contributed by atoms with Crippen LogP contribution in [0, 0.1) is 6.92 Å². The molecular weight excluding hydrogens is 345 g/mol. The van der Waals surface area contributed by atoms with E-state index in [9.17, 15) is 0 Å². The summed E-state index contributed by atoms with van der Waals surface area (Å²) in [6, 6.07) is 11.5. The van der Waals surface area contributed by atoms with Crippen LogP contribution in [0.1, 0.15) is 22.7 Å². The van der Waals surface area contributed by atoms with E-state index in [0.29, 0.717) is 16.5 Å². The Hall–Kier alpha value is -0.540. The quantitative estimate of drug-likeness (QED) is 0.790. The van der Waals surface area contributed by atoms with Gasteiger partial charge in [0.05, 0.1) is 0 Å². The minimum atomic E-state index is -0.146. The zero-order valence-electron chi connectivity index (χ0n) is 10.5. The third-order valence-corrected chi connectivity index (χ3v) is 4.44. The van der Waals surface area contributed by atoms with Crippen LogP contribution >= 0.6 is 39.1 Å². The van der Waals surface area contributed by atoms with Crippen molar-refractivity contribution in [2.45, 2.75) is 19.4 Å². The van der Waals surface area contributed by atoms with Crippen LogP contribution in [0.25, 0.3) is 0 Å². The monoisotopic (exact) mass is 357 g/mol. The van der Waals surface area contributed by atoms with Gasteiger partial charge in [-0.2, -0.15) is 0 Å². The standard InChI is InChI=1S/C15H14BrCl2N/c1-9-5-6-10(12(16)7-9)15(19)8-11-13(17)3-2-4-14(11)18/h2-7,15H,8,19H2,1H3. The molecule has 19 heavy (non-hydrogen) atoms. The van der Waals surface area contributed by atoms with Crippen molar-refractivity contribution < 1.29 is 0 Å². The van der Waals surface area contributed by atoms with Crippen LogP contribution in [0.3, 0.4) is 0 Å². The molecule has 2 N–H and O–H groups in total. The molecule has 0 saturated heterocycles. The second kappa shape index (κ2) is 6.27. The van der Waals surface area contributed by atoms with Crippen molar-refractivity contribution >= 4 is 39.1 Å². The van der Waals surface area contributed by atoms with Crippen molar-refractivity contribution in [3.8, 4) is 0 Å². The Morgan fingerprint density at radius 3 is 2.37 bits per heavy atom. The van der Waals surface area contributed by atoms with Gasteiger partial charge in [0.1, 0.15) is 0 Å². The van der Waals surface area contributed by atoms with Crippen LogP contribution in [-0.2, 0) is 6.42 Å². The number of hydrogen-bond acceptors (Lipinski definition) is 1. The Morgan fingerprint density at radius 1 is 1.16 bits per heavy atom. The van der Waals surface area contributed by atoms with E-state index in [0.717, 1.165) is 15.6 Å². The minimum absolute atomic E-state index is 0.146. The average molecular weight is 359 g/mol. The van der Waals surface area contributed by atoms with Crippen molar-refractivity contribution in [2.75, 3.05) is 0 Å². The topological polar surface area (TPSA) is 26.0 Å². The predicted molar refractivity (Wildman–Crippen MR) is 86.0 cm³/mol. The van der Waals surface area contributed by atoms with Gasteiger partial charge in [-0.05, 0) is 48.2 Å². The maximum Gasteiger partial charge on any atom is 0.0453 e. The molecule has 0 spiro atoms. The Morgan fingerprint density at radius 2 is 1.79 bits per heavy atom. The lowest BCUT2D eigenvalue weighted by Crippen LogP contribution is -2.14. The molecule has 0 aliphatic carbocycles. The van der Waals surface area contributed by atoms with E-state index in [4.69, 9.17) is 28.9 Å². The minimum Gasteiger partial charge on any atom is -0.324 e. The Kier molecular flexibility index (Phi) is 4.91. The van der Waals surface area contributed by atoms with Gasteiger partial charge in [-0.1, -0.05) is 57.3 Å². The van der Waals surface area contributed by atoms with Crippen LogP contribution in [-0.4, -0.2) is 0 Å². The summed E-state index contributed by atoms with van der Waals surface area (Å²) in [4.78, 5) is 0. The van der Waals surface area contributed by atoms with Crippen LogP contribution in [0.5, 0.6) is 0 Å². The third kappa shape index (κ3) is 3.51. The Labute approximate surface area is 131 Å². The summed E-state index contributed by atoms with van der Waals surface area (Å²) in [5, 5.41) is 1.32. The van der Waals surface area contributed by atoms with Crippen LogP contribution in [0.15, 0.2) is 40.9 Å². The summed E-state index contributed by atoms with van der Waals surface area (Å²) in [6.45, 7) is 2.05. The van der Waals surface area contributed by atoms with E-state index in [2.05, 4.69) is 22.0 Å². The van der Waals surface area contributed by atoms with E-state index >= 15 is 0 Å². The molecular formula is C15H14BrCl2N. The molecule has 2 aromatic rings. The van der Waals surface area contributed by atoms with E-state index in [1.807, 2.05) is 37.3 Å². The lowest BCUT2D eigenvalue weighted by molar-refractivity contribution is 0.718. The number of rotatable bonds is 3. The highest BCUT2D eigenvalue weighted by molar-refractivity contribution is 9.10. The van der Waals surface area contributed by atoms with Crippen LogP contribution < -0.4 is 5.73 Å². The lowest BCUT2D eigenvalue weighted by Gasteiger charge is -2.16. The predicted octanol–water partition coefficient (Wildman–Crippen LogP) is 5.31. The van der Waals surface area contributed by atoms with E-state index in [1.54, 1.807) is 0 Å². The first-order chi connectivity index (χ1) is 8.99. The number of nitrogens with two attached hydrogens (primary N) is 1. The first-order valence-electron chi connectivity index (χ1n) is 5.93. The largest absolute Gasteiger partial charge is 0.324 e. The Bertz CT molecular complexity index is 578. The molecule has 0 aliphatic heterocycles. The number of benzene rings is 2. The number of halogens is 3. The summed E-state index contributed by atoms with van der Waals surface area (Å²) >= 11 is 15.9. The fourth-order valence-electron chi connectivity index (χ4n) is 1.99. The second-order valence-electron chi connectivity index (χ2n) is 4.54. The van der Waals surface area contributed by atoms with Gasteiger partial charge in [0, 0.05) is 20.6 Å². The van der Waals surface area contributed by atoms with E-state index < -0.39 is 0 Å². The lowest BCUT2D eigenvalue weighted by atomic mass is 9.99. The molecule has 0 radical (unpaired) electrons. The summed E-state index contributed by atoms with van der Waals surface area (Å²) in [6.07, 6.45) is 0.611. The maximum atomic E-state index is 6.27. The smallest absolute Gasteiger partial charge is 0.0453 e. The fraction of sp³-hybridized carbons (Fsp3) is 0.200. The Balaban J connectivity index is 2.28. The normalized spacial score (nSPS) is 12.5. The molecule has 4 heteroatoms. The van der Waals surface area contributed by atoms with Gasteiger partial charge in [-0.15, -0.1) is 0 Å². The molecule has 0 fully saturated rings. The summed E-state index contributed by atoms with van der Waals surface area (Å²) < 4.78 is 1.02. The van der Waals surface area contributed by atoms with Crippen molar-refractivity contribution in [1.29, 1.82) is 0 Å². The molecule has 100 valence electrons. The summed E-state index contributed by atoms with van der Waals surface area (Å²) in [5.41, 5.74) is 9.41. The highest BCUT2D eigenvalue weighted by atomic mass is 79.9. The molecule has 2 rings (SSSR count). The first-order valence-corrected chi connectivity index (χ1v) is 7.48. The van der Waals surface area contributed by atoms with Crippen LogP contribution in [0.2, 0.25) is 10.0 Å². The zero-order valence-corrected chi connectivity index (χ0v) is 13.6. The maximum absolute atomic E-state index is 6.27. The van der Waals surface area contributed by atoms with Gasteiger partial charge in [0.2, 0.25) is 0 Å². The molecule has 0 heterocycles. The SMILES string of the molecule is Cc1ccc(C(N)Cc2c(Cl)cccc2Cl)c(Br)c1. The van der Waals surface area contributed by atoms with E-state index in [1.165, 1.54) is 5.56 Å². The van der Waals surface area contributed by atoms with E-state index in [-0.39, 0.29) is 6.04 Å². The molecule has 0 bridgehead atoms. The third-order valence-electron chi connectivity index (χ3n) is 3.04. The van der Waals surface area contributed by atoms with Crippen LogP contribution in [0.4, 0.5) is 0 Å². The molecule has 2 aromatic carbocycles. The number of hydrogen-bond donors (Lipinski definition) is 1. The zero-order chi connectivity index (χ0) is 14.0. The average Bonchev–Trinajstić information content (AvgIpc) is 2.33. The van der Waals surface area contributed by atoms with Gasteiger partial charge in [-0.3, -0.25) is 0 Å². The highest BCUT2D eigenvalue weighted by Crippen LogP contribution is 2.31. The van der Waals surface area contributed by atoms with Gasteiger partial charge < -0.3 is 5.73 Å². The van der Waals surface area contributed by atoms with Gasteiger partial charge in [0.25, 0.3) is 0 Å². The van der Waals surface area contributed by atoms with Gasteiger partial charge in [-0.25, -0.2) is 0 Å². The molecule has 1 nitrogen and oxygen atoms in total. The van der Waals surface area contributed by atoms with Crippen molar-refractivity contribution in [1.82, 2.24) is 0 Å². The molecule has 0 aromatic heterocycles. The fourth-order valence-corrected chi connectivity index (χ4v) is 3.33. The summed E-state index contributed by atoms with van der Waals surface area (Å²) in [7, 11) is 0. The first kappa shape index (κ1) is 14.9. The van der Waals surface area contributed by atoms with Crippen molar-refractivity contribution in [3.63, 3.8) is 0 Å². The highest BCUT2D eigenvalue weighted by Gasteiger charge is 2.14. The van der Waals surface area contributed by atoms with Gasteiger partial charge in [0.15, 0.2) is 0 Å². The summed E-state index contributed by atoms with van der Waals surface area (Å²) in [5.74, 6) is 0. The second-order valence-corrected chi connectivity index (χ2v) is 6.20. The molecule has 0 amide bonds. The van der Waals surface area contributed by atoms with Crippen molar-refractivity contribution in [3.05, 3.63) is 67.6 Å². The van der Waals surface area contributed by atoms with Gasteiger partial charge >= 0.3 is 0 Å². The molecule has 1 atom stereocenters. The number of aryl methyl sites for hydroxylation is 1.